The second kappa shape index (κ2) is 5.43. The lowest BCUT2D eigenvalue weighted by molar-refractivity contribution is -0.384. The van der Waals surface area contributed by atoms with E-state index in [0.717, 1.165) is 5.56 Å². The first-order valence-electron chi connectivity index (χ1n) is 5.93. The third-order valence-corrected chi connectivity index (χ3v) is 2.58. The molecule has 0 aliphatic rings. The first kappa shape index (κ1) is 12.9. The number of nitrogens with one attached hydrogen (secondary N) is 1. The van der Waals surface area contributed by atoms with E-state index >= 15 is 0 Å². The lowest BCUT2D eigenvalue weighted by atomic mass is 10.1. The molecule has 0 unspecified atom stereocenters. The lowest BCUT2D eigenvalue weighted by Gasteiger charge is -2.07. The van der Waals surface area contributed by atoms with Crippen LogP contribution in [-0.4, -0.2) is 21.4 Å². The van der Waals surface area contributed by atoms with Gasteiger partial charge < -0.3 is 5.32 Å². The Bertz CT molecular complexity index is 613. The van der Waals surface area contributed by atoms with E-state index in [0.29, 0.717) is 23.6 Å². The number of aromatic nitrogens is 2. The van der Waals surface area contributed by atoms with E-state index in [1.165, 1.54) is 6.07 Å². The molecule has 0 fully saturated rings. The number of aryl methyl sites for hydroxylation is 1. The molecule has 98 valence electrons. The van der Waals surface area contributed by atoms with Crippen LogP contribution in [0.5, 0.6) is 0 Å². The molecule has 1 N–H and O–H groups in total. The van der Waals surface area contributed by atoms with Gasteiger partial charge in [0.1, 0.15) is 5.82 Å². The highest BCUT2D eigenvalue weighted by molar-refractivity contribution is 5.71. The molecule has 2 aromatic heterocycles. The zero-order valence-electron chi connectivity index (χ0n) is 10.8. The summed E-state index contributed by atoms with van der Waals surface area (Å²) < 4.78 is 0. The van der Waals surface area contributed by atoms with Gasteiger partial charge in [-0.15, -0.1) is 0 Å². The maximum absolute atomic E-state index is 11.1. The summed E-state index contributed by atoms with van der Waals surface area (Å²) in [4.78, 5) is 19.0. The smallest absolute Gasteiger partial charge is 0.295 e. The van der Waals surface area contributed by atoms with Crippen molar-refractivity contribution in [2.45, 2.75) is 13.8 Å². The summed E-state index contributed by atoms with van der Waals surface area (Å²) in [5, 5.41) is 14.1. The van der Waals surface area contributed by atoms with E-state index in [2.05, 4.69) is 15.3 Å². The first-order chi connectivity index (χ1) is 9.11. The Balaban J connectivity index is 2.57. The predicted octanol–water partition coefficient (Wildman–Crippen LogP) is 2.79. The molecular formula is C13H14N4O2. The third-order valence-electron chi connectivity index (χ3n) is 2.58. The molecule has 0 bridgehead atoms. The summed E-state index contributed by atoms with van der Waals surface area (Å²) in [5.41, 5.74) is 1.89. The lowest BCUT2D eigenvalue weighted by Crippen LogP contribution is -2.02. The van der Waals surface area contributed by atoms with Crippen LogP contribution < -0.4 is 5.32 Å². The van der Waals surface area contributed by atoms with Crippen LogP contribution >= 0.6 is 0 Å². The van der Waals surface area contributed by atoms with Crippen molar-refractivity contribution in [2.75, 3.05) is 11.9 Å². The van der Waals surface area contributed by atoms with Gasteiger partial charge in [-0.1, -0.05) is 0 Å². The number of anilines is 1. The van der Waals surface area contributed by atoms with Gasteiger partial charge in [-0.05, 0) is 31.5 Å². The van der Waals surface area contributed by atoms with Gasteiger partial charge in [0.15, 0.2) is 5.69 Å². The fourth-order valence-corrected chi connectivity index (χ4v) is 1.78. The van der Waals surface area contributed by atoms with E-state index in [1.54, 1.807) is 18.5 Å². The molecule has 19 heavy (non-hydrogen) atoms. The van der Waals surface area contributed by atoms with Crippen LogP contribution in [-0.2, 0) is 0 Å². The largest absolute Gasteiger partial charge is 0.370 e. The summed E-state index contributed by atoms with van der Waals surface area (Å²) in [6, 6.07) is 4.90. The molecule has 0 atom stereocenters. The summed E-state index contributed by atoms with van der Waals surface area (Å²) >= 11 is 0. The Morgan fingerprint density at radius 2 is 2.16 bits per heavy atom. The molecule has 0 radical (unpaired) electrons. The van der Waals surface area contributed by atoms with E-state index in [-0.39, 0.29) is 5.69 Å². The topological polar surface area (TPSA) is 81.0 Å². The van der Waals surface area contributed by atoms with Crippen molar-refractivity contribution in [3.05, 3.63) is 46.3 Å². The maximum Gasteiger partial charge on any atom is 0.295 e. The molecule has 2 aromatic rings. The highest BCUT2D eigenvalue weighted by Crippen LogP contribution is 2.29. The zero-order valence-corrected chi connectivity index (χ0v) is 10.8. The predicted molar refractivity (Wildman–Crippen MR) is 73.0 cm³/mol. The highest BCUT2D eigenvalue weighted by Gasteiger charge is 2.18. The molecule has 2 rings (SSSR count). The third kappa shape index (κ3) is 2.85. The average Bonchev–Trinajstić information content (AvgIpc) is 2.39. The molecule has 0 saturated carbocycles. The number of pyridine rings is 2. The molecular weight excluding hydrogens is 244 g/mol. The van der Waals surface area contributed by atoms with Gasteiger partial charge in [0, 0.05) is 30.6 Å². The van der Waals surface area contributed by atoms with Crippen molar-refractivity contribution in [2.24, 2.45) is 0 Å². The van der Waals surface area contributed by atoms with Crippen molar-refractivity contribution in [1.29, 1.82) is 0 Å². The second-order valence-corrected chi connectivity index (χ2v) is 4.10. The molecule has 0 aliphatic carbocycles. The van der Waals surface area contributed by atoms with Crippen molar-refractivity contribution < 1.29 is 4.92 Å². The van der Waals surface area contributed by atoms with Gasteiger partial charge in [0.25, 0.3) is 5.69 Å². The van der Waals surface area contributed by atoms with E-state index in [9.17, 15) is 10.1 Å². The monoisotopic (exact) mass is 258 g/mol. The Morgan fingerprint density at radius 3 is 2.79 bits per heavy atom. The molecule has 6 heteroatoms. The molecule has 0 aromatic carbocycles. The van der Waals surface area contributed by atoms with Gasteiger partial charge in [0.2, 0.25) is 0 Å². The Labute approximate surface area is 110 Å². The first-order valence-corrected chi connectivity index (χ1v) is 5.93. The fraction of sp³-hybridized carbons (Fsp3) is 0.231. The molecule has 6 nitrogen and oxygen atoms in total. The van der Waals surface area contributed by atoms with Crippen LogP contribution in [0.15, 0.2) is 30.6 Å². The van der Waals surface area contributed by atoms with E-state index in [1.807, 2.05) is 19.9 Å². The minimum atomic E-state index is -0.430. The minimum Gasteiger partial charge on any atom is -0.370 e. The molecule has 0 amide bonds. The van der Waals surface area contributed by atoms with Gasteiger partial charge >= 0.3 is 0 Å². The SMILES string of the molecule is CCNc1ccc([N+](=O)[O-])c(-c2cncc(C)c2)n1. The summed E-state index contributed by atoms with van der Waals surface area (Å²) in [7, 11) is 0. The summed E-state index contributed by atoms with van der Waals surface area (Å²) in [6.45, 7) is 4.53. The van der Waals surface area contributed by atoms with Crippen molar-refractivity contribution in [3.63, 3.8) is 0 Å². The number of hydrogen-bond acceptors (Lipinski definition) is 5. The van der Waals surface area contributed by atoms with Gasteiger partial charge in [-0.3, -0.25) is 15.1 Å². The summed E-state index contributed by atoms with van der Waals surface area (Å²) in [5.74, 6) is 0.615. The van der Waals surface area contributed by atoms with Crippen molar-refractivity contribution in [3.8, 4) is 11.3 Å². The molecule has 0 aliphatic heterocycles. The zero-order chi connectivity index (χ0) is 13.8. The normalized spacial score (nSPS) is 10.2. The van der Waals surface area contributed by atoms with Gasteiger partial charge in [-0.25, -0.2) is 4.98 Å². The van der Waals surface area contributed by atoms with Crippen LogP contribution in [0.25, 0.3) is 11.3 Å². The number of nitrogens with zero attached hydrogens (tertiary/aromatic N) is 3. The van der Waals surface area contributed by atoms with Gasteiger partial charge in [-0.2, -0.15) is 0 Å². The Morgan fingerprint density at radius 1 is 1.37 bits per heavy atom. The molecule has 2 heterocycles. The van der Waals surface area contributed by atoms with Crippen LogP contribution in [0.2, 0.25) is 0 Å². The number of rotatable bonds is 4. The standard InChI is InChI=1S/C13H14N4O2/c1-3-15-12-5-4-11(17(18)19)13(16-12)10-6-9(2)7-14-8-10/h4-8H,3H2,1-2H3,(H,15,16). The number of hydrogen-bond donors (Lipinski definition) is 1. The second-order valence-electron chi connectivity index (χ2n) is 4.10. The quantitative estimate of drug-likeness (QED) is 0.673. The minimum absolute atomic E-state index is 0.0194. The fourth-order valence-electron chi connectivity index (χ4n) is 1.78. The number of nitro groups is 1. The average molecular weight is 258 g/mol. The van der Waals surface area contributed by atoms with Crippen LogP contribution in [0.4, 0.5) is 11.5 Å². The van der Waals surface area contributed by atoms with Crippen molar-refractivity contribution >= 4 is 11.5 Å². The van der Waals surface area contributed by atoms with Crippen LogP contribution in [0.1, 0.15) is 12.5 Å². The highest BCUT2D eigenvalue weighted by atomic mass is 16.6. The Kier molecular flexibility index (Phi) is 3.70. The van der Waals surface area contributed by atoms with E-state index in [4.69, 9.17) is 0 Å². The van der Waals surface area contributed by atoms with Crippen molar-refractivity contribution in [1.82, 2.24) is 9.97 Å². The Hall–Kier alpha value is -2.50. The summed E-state index contributed by atoms with van der Waals surface area (Å²) in [6.07, 6.45) is 3.28. The van der Waals surface area contributed by atoms with Crippen LogP contribution in [0.3, 0.4) is 0 Å². The van der Waals surface area contributed by atoms with Gasteiger partial charge in [0.05, 0.1) is 4.92 Å². The molecule has 0 saturated heterocycles. The maximum atomic E-state index is 11.1. The molecule has 0 spiro atoms. The van der Waals surface area contributed by atoms with Crippen LogP contribution in [0, 0.1) is 17.0 Å². The van der Waals surface area contributed by atoms with E-state index < -0.39 is 4.92 Å².